The van der Waals surface area contributed by atoms with Crippen LogP contribution in [-0.2, 0) is 6.42 Å². The fourth-order valence-electron chi connectivity index (χ4n) is 3.36. The highest BCUT2D eigenvalue weighted by Crippen LogP contribution is 2.29. The van der Waals surface area contributed by atoms with Gasteiger partial charge < -0.3 is 20.1 Å². The van der Waals surface area contributed by atoms with Crippen molar-refractivity contribution in [2.45, 2.75) is 32.2 Å². The number of methoxy groups -OCH3 is 1. The second kappa shape index (κ2) is 8.27. The van der Waals surface area contributed by atoms with Gasteiger partial charge in [0.15, 0.2) is 0 Å². The summed E-state index contributed by atoms with van der Waals surface area (Å²) in [7, 11) is 1.67. The van der Waals surface area contributed by atoms with Gasteiger partial charge in [0.2, 0.25) is 5.56 Å². The molecule has 5 nitrogen and oxygen atoms in total. The molecule has 27 heavy (non-hydrogen) atoms. The smallest absolute Gasteiger partial charge is 0.248 e. The van der Waals surface area contributed by atoms with Crippen molar-refractivity contribution in [3.63, 3.8) is 0 Å². The summed E-state index contributed by atoms with van der Waals surface area (Å²) in [5, 5.41) is 14.5. The number of phenols is 1. The number of nitrogens with one attached hydrogen (secondary N) is 2. The lowest BCUT2D eigenvalue weighted by molar-refractivity contribution is 0.414. The van der Waals surface area contributed by atoms with Gasteiger partial charge in [-0.3, -0.25) is 4.79 Å². The van der Waals surface area contributed by atoms with Crippen LogP contribution >= 0.6 is 0 Å². The number of ether oxygens (including phenoxy) is 1. The van der Waals surface area contributed by atoms with Gasteiger partial charge in [0.25, 0.3) is 0 Å². The van der Waals surface area contributed by atoms with Crippen LogP contribution in [0.3, 0.4) is 0 Å². The summed E-state index contributed by atoms with van der Waals surface area (Å²) < 4.78 is 5.20. The lowest BCUT2D eigenvalue weighted by Crippen LogP contribution is -2.31. The van der Waals surface area contributed by atoms with Crippen molar-refractivity contribution in [2.24, 2.45) is 0 Å². The van der Waals surface area contributed by atoms with E-state index in [0.29, 0.717) is 11.6 Å². The lowest BCUT2D eigenvalue weighted by Gasteiger charge is -2.20. The fraction of sp³-hybridized carbons (Fsp3) is 0.318. The Labute approximate surface area is 159 Å². The van der Waals surface area contributed by atoms with Crippen LogP contribution < -0.4 is 15.6 Å². The summed E-state index contributed by atoms with van der Waals surface area (Å²) in [6.45, 7) is 5.11. The molecule has 1 heterocycles. The number of H-pyrrole nitrogens is 1. The minimum Gasteiger partial charge on any atom is -0.506 e. The zero-order valence-electron chi connectivity index (χ0n) is 16.0. The fourth-order valence-corrected chi connectivity index (χ4v) is 3.36. The molecule has 0 unspecified atom stereocenters. The lowest BCUT2D eigenvalue weighted by atomic mass is 9.95. The van der Waals surface area contributed by atoms with Gasteiger partial charge in [-0.1, -0.05) is 25.1 Å². The highest BCUT2D eigenvalue weighted by atomic mass is 16.5. The molecule has 2 atom stereocenters. The number of fused-ring (bicyclic) bond motifs is 1. The van der Waals surface area contributed by atoms with E-state index in [1.165, 1.54) is 11.6 Å². The van der Waals surface area contributed by atoms with E-state index in [1.54, 1.807) is 19.2 Å². The SMILES string of the molecule is COc1ccc(C[C@@H](C)NC[C@@H](C)c2ccc(O)c3[nH]c(=O)ccc23)cc1. The minimum atomic E-state index is -0.214. The first-order valence-corrected chi connectivity index (χ1v) is 9.19. The number of aromatic hydroxyl groups is 1. The number of phenolic OH excluding ortho intramolecular Hbond substituents is 1. The number of pyridine rings is 1. The third kappa shape index (κ3) is 4.49. The van der Waals surface area contributed by atoms with Crippen LogP contribution in [0.5, 0.6) is 11.5 Å². The van der Waals surface area contributed by atoms with Crippen LogP contribution in [0.2, 0.25) is 0 Å². The standard InChI is InChI=1S/C22H26N2O3/c1-14(13-23-15(2)12-16-4-6-17(27-3)7-5-16)18-8-10-20(25)22-19(18)9-11-21(26)24-22/h4-11,14-15,23,25H,12-13H2,1-3H3,(H,24,26)/t14-,15-/m1/s1. The molecule has 2 aromatic carbocycles. The van der Waals surface area contributed by atoms with Crippen molar-refractivity contribution in [1.29, 1.82) is 0 Å². The summed E-state index contributed by atoms with van der Waals surface area (Å²) >= 11 is 0. The molecular weight excluding hydrogens is 340 g/mol. The third-order valence-electron chi connectivity index (χ3n) is 4.91. The van der Waals surface area contributed by atoms with E-state index in [1.807, 2.05) is 18.2 Å². The molecule has 0 aliphatic heterocycles. The Morgan fingerprint density at radius 3 is 2.52 bits per heavy atom. The van der Waals surface area contributed by atoms with E-state index < -0.39 is 0 Å². The number of hydrogen-bond donors (Lipinski definition) is 3. The maximum absolute atomic E-state index is 11.6. The topological polar surface area (TPSA) is 74.3 Å². The van der Waals surface area contributed by atoms with Crippen LogP contribution in [0.4, 0.5) is 0 Å². The van der Waals surface area contributed by atoms with Crippen molar-refractivity contribution in [1.82, 2.24) is 10.3 Å². The molecule has 142 valence electrons. The summed E-state index contributed by atoms with van der Waals surface area (Å²) in [5.41, 5.74) is 2.64. The first-order valence-electron chi connectivity index (χ1n) is 9.19. The highest BCUT2D eigenvalue weighted by molar-refractivity contribution is 5.87. The monoisotopic (exact) mass is 366 g/mol. The van der Waals surface area contributed by atoms with Gasteiger partial charge in [-0.15, -0.1) is 0 Å². The second-order valence-electron chi connectivity index (χ2n) is 7.05. The van der Waals surface area contributed by atoms with Crippen LogP contribution in [0, 0.1) is 0 Å². The predicted octanol–water partition coefficient (Wildman–Crippen LogP) is 3.57. The van der Waals surface area contributed by atoms with Gasteiger partial charge in [-0.2, -0.15) is 0 Å². The Hall–Kier alpha value is -2.79. The van der Waals surface area contributed by atoms with Gasteiger partial charge in [-0.05, 0) is 54.7 Å². The van der Waals surface area contributed by atoms with Gasteiger partial charge in [0.1, 0.15) is 11.5 Å². The molecule has 0 saturated heterocycles. The van der Waals surface area contributed by atoms with Gasteiger partial charge >= 0.3 is 0 Å². The highest BCUT2D eigenvalue weighted by Gasteiger charge is 2.13. The molecule has 0 aliphatic rings. The minimum absolute atomic E-state index is 0.0967. The van der Waals surface area contributed by atoms with E-state index in [9.17, 15) is 9.90 Å². The van der Waals surface area contributed by atoms with Crippen molar-refractivity contribution >= 4 is 10.9 Å². The predicted molar refractivity (Wildman–Crippen MR) is 109 cm³/mol. The average Bonchev–Trinajstić information content (AvgIpc) is 2.67. The van der Waals surface area contributed by atoms with Gasteiger partial charge in [0.05, 0.1) is 12.6 Å². The van der Waals surface area contributed by atoms with E-state index in [-0.39, 0.29) is 17.2 Å². The van der Waals surface area contributed by atoms with Crippen molar-refractivity contribution < 1.29 is 9.84 Å². The van der Waals surface area contributed by atoms with Crippen LogP contribution in [0.25, 0.3) is 10.9 Å². The summed E-state index contributed by atoms with van der Waals surface area (Å²) in [6.07, 6.45) is 0.931. The Bertz CT molecular complexity index is 963. The van der Waals surface area contributed by atoms with E-state index in [2.05, 4.69) is 36.3 Å². The first kappa shape index (κ1) is 19.0. The van der Waals surface area contributed by atoms with Crippen molar-refractivity contribution in [3.05, 3.63) is 70.0 Å². The number of benzene rings is 2. The molecule has 5 heteroatoms. The van der Waals surface area contributed by atoms with E-state index in [4.69, 9.17) is 4.74 Å². The quantitative estimate of drug-likeness (QED) is 0.598. The van der Waals surface area contributed by atoms with Crippen LogP contribution in [0.1, 0.15) is 30.9 Å². The largest absolute Gasteiger partial charge is 0.506 e. The molecule has 0 bridgehead atoms. The average molecular weight is 366 g/mol. The molecule has 0 radical (unpaired) electrons. The molecule has 0 spiro atoms. The maximum atomic E-state index is 11.6. The zero-order valence-corrected chi connectivity index (χ0v) is 16.0. The van der Waals surface area contributed by atoms with E-state index in [0.717, 1.165) is 29.7 Å². The molecule has 3 N–H and O–H groups in total. The summed E-state index contributed by atoms with van der Waals surface area (Å²) in [6, 6.07) is 15.3. The molecular formula is C22H26N2O3. The molecule has 0 saturated carbocycles. The Kier molecular flexibility index (Phi) is 5.81. The van der Waals surface area contributed by atoms with Gasteiger partial charge in [0, 0.05) is 24.0 Å². The molecule has 0 fully saturated rings. The molecule has 0 amide bonds. The molecule has 1 aromatic heterocycles. The molecule has 3 aromatic rings. The van der Waals surface area contributed by atoms with Crippen molar-refractivity contribution in [3.8, 4) is 11.5 Å². The number of aromatic amines is 1. The third-order valence-corrected chi connectivity index (χ3v) is 4.91. The number of aromatic nitrogens is 1. The summed E-state index contributed by atoms with van der Waals surface area (Å²) in [5.74, 6) is 1.20. The molecule has 0 aliphatic carbocycles. The first-order chi connectivity index (χ1) is 13.0. The second-order valence-corrected chi connectivity index (χ2v) is 7.05. The van der Waals surface area contributed by atoms with Crippen LogP contribution in [0.15, 0.2) is 53.3 Å². The maximum Gasteiger partial charge on any atom is 0.248 e. The Balaban J connectivity index is 1.66. The Morgan fingerprint density at radius 2 is 1.81 bits per heavy atom. The number of hydrogen-bond acceptors (Lipinski definition) is 4. The van der Waals surface area contributed by atoms with Gasteiger partial charge in [-0.25, -0.2) is 0 Å². The normalized spacial score (nSPS) is 13.4. The summed E-state index contributed by atoms with van der Waals surface area (Å²) in [4.78, 5) is 14.3. The Morgan fingerprint density at radius 1 is 1.07 bits per heavy atom. The molecule has 3 rings (SSSR count). The van der Waals surface area contributed by atoms with Crippen LogP contribution in [-0.4, -0.2) is 29.8 Å². The zero-order chi connectivity index (χ0) is 19.4. The number of rotatable bonds is 7. The van der Waals surface area contributed by atoms with E-state index >= 15 is 0 Å². The van der Waals surface area contributed by atoms with Crippen molar-refractivity contribution in [2.75, 3.05) is 13.7 Å².